The molecule has 0 unspecified atom stereocenters. The SMILES string of the molecule is COC(=O)[C@H](Cc1cn(CCC(C)C)c2ccccc12)NC(C)=O. The van der Waals surface area contributed by atoms with Gasteiger partial charge in [-0.2, -0.15) is 0 Å². The van der Waals surface area contributed by atoms with Crippen molar-refractivity contribution in [2.24, 2.45) is 5.92 Å². The summed E-state index contributed by atoms with van der Waals surface area (Å²) >= 11 is 0. The van der Waals surface area contributed by atoms with Gasteiger partial charge in [0.05, 0.1) is 7.11 Å². The molecule has 1 aromatic heterocycles. The number of esters is 1. The standard InChI is InChI=1S/C19H26N2O3/c1-13(2)9-10-21-12-15(16-7-5-6-8-18(16)21)11-17(19(23)24-4)20-14(3)22/h5-8,12-13,17H,9-11H2,1-4H3,(H,20,22)/t17-/m0/s1. The van der Waals surface area contributed by atoms with E-state index in [0.29, 0.717) is 12.3 Å². The number of hydrogen-bond acceptors (Lipinski definition) is 3. The Morgan fingerprint density at radius 1 is 1.25 bits per heavy atom. The van der Waals surface area contributed by atoms with E-state index in [1.165, 1.54) is 14.0 Å². The first-order valence-electron chi connectivity index (χ1n) is 8.34. The topological polar surface area (TPSA) is 60.3 Å². The second kappa shape index (κ2) is 7.99. The number of benzene rings is 1. The number of amides is 1. The van der Waals surface area contributed by atoms with E-state index in [9.17, 15) is 9.59 Å². The summed E-state index contributed by atoms with van der Waals surface area (Å²) in [7, 11) is 1.34. The van der Waals surface area contributed by atoms with Crippen LogP contribution in [0.15, 0.2) is 30.5 Å². The Labute approximate surface area is 143 Å². The molecule has 0 fully saturated rings. The molecule has 0 aliphatic carbocycles. The molecular weight excluding hydrogens is 304 g/mol. The van der Waals surface area contributed by atoms with Crippen molar-refractivity contribution in [1.82, 2.24) is 9.88 Å². The van der Waals surface area contributed by atoms with Crippen LogP contribution in [0.4, 0.5) is 0 Å². The minimum absolute atomic E-state index is 0.242. The van der Waals surface area contributed by atoms with Crippen molar-refractivity contribution >= 4 is 22.8 Å². The zero-order valence-electron chi connectivity index (χ0n) is 14.8. The van der Waals surface area contributed by atoms with Gasteiger partial charge >= 0.3 is 5.97 Å². The molecule has 1 aromatic carbocycles. The zero-order chi connectivity index (χ0) is 17.7. The Hall–Kier alpha value is -2.30. The molecule has 0 saturated heterocycles. The summed E-state index contributed by atoms with van der Waals surface area (Å²) in [5.74, 6) is -0.0463. The minimum Gasteiger partial charge on any atom is -0.467 e. The normalized spacial score (nSPS) is 12.4. The maximum atomic E-state index is 12.0. The molecule has 1 amide bonds. The van der Waals surface area contributed by atoms with Crippen LogP contribution in [-0.2, 0) is 27.3 Å². The first kappa shape index (κ1) is 18.0. The zero-order valence-corrected chi connectivity index (χ0v) is 14.8. The molecule has 130 valence electrons. The summed E-state index contributed by atoms with van der Waals surface area (Å²) in [5.41, 5.74) is 2.19. The molecule has 1 N–H and O–H groups in total. The predicted molar refractivity (Wildman–Crippen MR) is 94.7 cm³/mol. The van der Waals surface area contributed by atoms with Gasteiger partial charge in [0.15, 0.2) is 0 Å². The van der Waals surface area contributed by atoms with Crippen LogP contribution < -0.4 is 5.32 Å². The lowest BCUT2D eigenvalue weighted by Crippen LogP contribution is -2.41. The van der Waals surface area contributed by atoms with Gasteiger partial charge in [0.2, 0.25) is 5.91 Å². The van der Waals surface area contributed by atoms with Crippen LogP contribution in [0.2, 0.25) is 0 Å². The molecule has 0 spiro atoms. The summed E-state index contributed by atoms with van der Waals surface area (Å²) in [4.78, 5) is 23.4. The first-order chi connectivity index (χ1) is 11.4. The highest BCUT2D eigenvalue weighted by Gasteiger charge is 2.22. The summed E-state index contributed by atoms with van der Waals surface area (Å²) in [6.45, 7) is 6.75. The maximum absolute atomic E-state index is 12.0. The van der Waals surface area contributed by atoms with Gasteiger partial charge < -0.3 is 14.6 Å². The molecule has 5 heteroatoms. The second-order valence-electron chi connectivity index (χ2n) is 6.53. The maximum Gasteiger partial charge on any atom is 0.328 e. The highest BCUT2D eigenvalue weighted by Crippen LogP contribution is 2.23. The Kier molecular flexibility index (Phi) is 6.01. The Bertz CT molecular complexity index is 718. The average molecular weight is 330 g/mol. The third-order valence-corrected chi connectivity index (χ3v) is 4.11. The number of carbonyl (C=O) groups is 2. The fourth-order valence-corrected chi connectivity index (χ4v) is 2.87. The van der Waals surface area contributed by atoms with E-state index in [4.69, 9.17) is 4.74 Å². The lowest BCUT2D eigenvalue weighted by molar-refractivity contribution is -0.144. The number of methoxy groups -OCH3 is 1. The number of nitrogens with one attached hydrogen (secondary N) is 1. The van der Waals surface area contributed by atoms with Gasteiger partial charge in [0.25, 0.3) is 0 Å². The van der Waals surface area contributed by atoms with Gasteiger partial charge in [-0.05, 0) is 24.0 Å². The second-order valence-corrected chi connectivity index (χ2v) is 6.53. The number of rotatable bonds is 7. The van der Waals surface area contributed by atoms with Crippen molar-refractivity contribution in [3.8, 4) is 0 Å². The average Bonchev–Trinajstić information content (AvgIpc) is 2.89. The van der Waals surface area contributed by atoms with E-state index < -0.39 is 12.0 Å². The molecule has 1 heterocycles. The molecule has 2 rings (SSSR count). The largest absolute Gasteiger partial charge is 0.467 e. The molecule has 0 bridgehead atoms. The number of hydrogen-bond donors (Lipinski definition) is 1. The van der Waals surface area contributed by atoms with E-state index in [0.717, 1.165) is 29.4 Å². The molecule has 0 aliphatic heterocycles. The van der Waals surface area contributed by atoms with Crippen molar-refractivity contribution < 1.29 is 14.3 Å². The molecular formula is C19H26N2O3. The van der Waals surface area contributed by atoms with Gasteiger partial charge in [-0.3, -0.25) is 4.79 Å². The van der Waals surface area contributed by atoms with Crippen molar-refractivity contribution in [2.75, 3.05) is 7.11 Å². The molecule has 0 saturated carbocycles. The molecule has 0 radical (unpaired) electrons. The third kappa shape index (κ3) is 4.37. The van der Waals surface area contributed by atoms with Gasteiger partial charge in [-0.15, -0.1) is 0 Å². The number of aromatic nitrogens is 1. The molecule has 2 aromatic rings. The van der Waals surface area contributed by atoms with Crippen LogP contribution in [0.1, 0.15) is 32.8 Å². The molecule has 0 aliphatic rings. The molecule has 5 nitrogen and oxygen atoms in total. The van der Waals surface area contributed by atoms with Crippen molar-refractivity contribution in [3.05, 3.63) is 36.0 Å². The smallest absolute Gasteiger partial charge is 0.328 e. The van der Waals surface area contributed by atoms with E-state index in [1.54, 1.807) is 0 Å². The fourth-order valence-electron chi connectivity index (χ4n) is 2.87. The Balaban J connectivity index is 2.33. The predicted octanol–water partition coefficient (Wildman–Crippen LogP) is 2.91. The summed E-state index contributed by atoms with van der Waals surface area (Å²) in [6.07, 6.45) is 3.59. The van der Waals surface area contributed by atoms with Crippen LogP contribution in [-0.4, -0.2) is 29.6 Å². The molecule has 1 atom stereocenters. The van der Waals surface area contributed by atoms with E-state index in [1.807, 2.05) is 12.1 Å². The van der Waals surface area contributed by atoms with Crippen LogP contribution in [0.3, 0.4) is 0 Å². The van der Waals surface area contributed by atoms with E-state index in [2.05, 4.69) is 42.1 Å². The molecule has 24 heavy (non-hydrogen) atoms. The summed E-state index contributed by atoms with van der Waals surface area (Å²) in [6, 6.07) is 7.48. The van der Waals surface area contributed by atoms with E-state index >= 15 is 0 Å². The highest BCUT2D eigenvalue weighted by atomic mass is 16.5. The number of para-hydroxylation sites is 1. The monoisotopic (exact) mass is 330 g/mol. The number of aryl methyl sites for hydroxylation is 1. The van der Waals surface area contributed by atoms with Crippen LogP contribution in [0.5, 0.6) is 0 Å². The quantitative estimate of drug-likeness (QED) is 0.794. The van der Waals surface area contributed by atoms with Crippen molar-refractivity contribution in [1.29, 1.82) is 0 Å². The third-order valence-electron chi connectivity index (χ3n) is 4.11. The number of carbonyl (C=O) groups excluding carboxylic acids is 2. The minimum atomic E-state index is -0.670. The van der Waals surface area contributed by atoms with Gasteiger partial charge in [0.1, 0.15) is 6.04 Å². The van der Waals surface area contributed by atoms with Gasteiger partial charge in [0, 0.05) is 37.0 Å². The van der Waals surface area contributed by atoms with Crippen molar-refractivity contribution in [2.45, 2.75) is 46.2 Å². The number of nitrogens with zero attached hydrogens (tertiary/aromatic N) is 1. The van der Waals surface area contributed by atoms with E-state index in [-0.39, 0.29) is 5.91 Å². The Morgan fingerprint density at radius 2 is 1.96 bits per heavy atom. The summed E-state index contributed by atoms with van der Waals surface area (Å²) in [5, 5.41) is 3.79. The first-order valence-corrected chi connectivity index (χ1v) is 8.34. The van der Waals surface area contributed by atoms with Crippen LogP contribution in [0.25, 0.3) is 10.9 Å². The Morgan fingerprint density at radius 3 is 2.58 bits per heavy atom. The van der Waals surface area contributed by atoms with Gasteiger partial charge in [-0.1, -0.05) is 32.0 Å². The highest BCUT2D eigenvalue weighted by molar-refractivity contribution is 5.87. The van der Waals surface area contributed by atoms with Crippen LogP contribution in [0, 0.1) is 5.92 Å². The van der Waals surface area contributed by atoms with Crippen molar-refractivity contribution in [3.63, 3.8) is 0 Å². The van der Waals surface area contributed by atoms with Gasteiger partial charge in [-0.25, -0.2) is 4.79 Å². The number of ether oxygens (including phenoxy) is 1. The fraction of sp³-hybridized carbons (Fsp3) is 0.474. The summed E-state index contributed by atoms with van der Waals surface area (Å²) < 4.78 is 7.05. The van der Waals surface area contributed by atoms with Crippen LogP contribution >= 0.6 is 0 Å². The number of fused-ring (bicyclic) bond motifs is 1. The lowest BCUT2D eigenvalue weighted by atomic mass is 10.1. The lowest BCUT2D eigenvalue weighted by Gasteiger charge is -2.15.